The van der Waals surface area contributed by atoms with Gasteiger partial charge in [0, 0.05) is 10.6 Å². The summed E-state index contributed by atoms with van der Waals surface area (Å²) in [4.78, 5) is 21.3. The predicted octanol–water partition coefficient (Wildman–Crippen LogP) is 3.41. The Kier molecular flexibility index (Phi) is 4.06. The van der Waals surface area contributed by atoms with E-state index in [0.717, 1.165) is 0 Å². The third kappa shape index (κ3) is 3.18. The number of carbonyl (C=O) groups excluding carboxylic acids is 2. The molecule has 78 valence electrons. The van der Waals surface area contributed by atoms with Crippen LogP contribution in [0, 0.1) is 0 Å². The van der Waals surface area contributed by atoms with Crippen molar-refractivity contribution in [1.82, 2.24) is 0 Å². The van der Waals surface area contributed by atoms with Crippen LogP contribution in [0.5, 0.6) is 0 Å². The zero-order valence-electron chi connectivity index (χ0n) is 7.96. The molecule has 0 N–H and O–H groups in total. The Morgan fingerprint density at radius 2 is 1.73 bits per heavy atom. The molecule has 0 aliphatic rings. The maximum absolute atomic E-state index is 10.7. The molecule has 0 atom stereocenters. The molecule has 0 bridgehead atoms. The lowest BCUT2D eigenvalue weighted by Gasteiger charge is -2.01. The fourth-order valence-electron chi connectivity index (χ4n) is 1.00. The van der Waals surface area contributed by atoms with E-state index in [4.69, 9.17) is 23.2 Å². The first-order valence-corrected chi connectivity index (χ1v) is 4.93. The number of hydrogen-bond acceptors (Lipinski definition) is 2. The number of allylic oxidation sites excluding steroid dienone is 1. The molecule has 1 aromatic rings. The molecule has 4 heteroatoms. The fourth-order valence-corrected chi connectivity index (χ4v) is 1.45. The highest BCUT2D eigenvalue weighted by molar-refractivity contribution is 6.36. The van der Waals surface area contributed by atoms with Gasteiger partial charge < -0.3 is 0 Å². The van der Waals surface area contributed by atoms with Gasteiger partial charge in [-0.1, -0.05) is 23.2 Å². The number of carbonyl (C=O) groups is 2. The minimum Gasteiger partial charge on any atom is -0.298 e. The Morgan fingerprint density at radius 1 is 1.20 bits per heavy atom. The van der Waals surface area contributed by atoms with Gasteiger partial charge in [0.2, 0.25) is 0 Å². The van der Waals surface area contributed by atoms with Gasteiger partial charge >= 0.3 is 0 Å². The molecule has 0 aromatic heterocycles. The topological polar surface area (TPSA) is 34.1 Å². The first-order chi connectivity index (χ1) is 7.04. The van der Waals surface area contributed by atoms with Gasteiger partial charge in [0.25, 0.3) is 0 Å². The summed E-state index contributed by atoms with van der Waals surface area (Å²) < 4.78 is 0. The first-order valence-electron chi connectivity index (χ1n) is 4.17. The largest absolute Gasteiger partial charge is 0.298 e. The van der Waals surface area contributed by atoms with Crippen LogP contribution in [0.15, 0.2) is 18.2 Å². The highest BCUT2D eigenvalue weighted by Gasteiger charge is 2.04. The van der Waals surface area contributed by atoms with Crippen molar-refractivity contribution >= 4 is 41.3 Å². The highest BCUT2D eigenvalue weighted by atomic mass is 35.5. The van der Waals surface area contributed by atoms with Crippen molar-refractivity contribution in [2.24, 2.45) is 0 Å². The van der Waals surface area contributed by atoms with Crippen molar-refractivity contribution in [3.8, 4) is 0 Å². The molecule has 1 rings (SSSR count). The Bertz CT molecular complexity index is 436. The summed E-state index contributed by atoms with van der Waals surface area (Å²) in [5.74, 6) is -0.0818. The monoisotopic (exact) mass is 242 g/mol. The molecular formula is C11H8Cl2O2. The molecule has 0 fully saturated rings. The maximum Gasteiger partial charge on any atom is 0.152 e. The van der Waals surface area contributed by atoms with Crippen LogP contribution >= 0.6 is 23.2 Å². The van der Waals surface area contributed by atoms with E-state index in [1.165, 1.54) is 19.1 Å². The molecule has 0 aliphatic carbocycles. The van der Waals surface area contributed by atoms with E-state index in [1.807, 2.05) is 0 Å². The van der Waals surface area contributed by atoms with E-state index in [9.17, 15) is 9.59 Å². The molecule has 0 spiro atoms. The van der Waals surface area contributed by atoms with Gasteiger partial charge in [-0.15, -0.1) is 0 Å². The Balaban J connectivity index is 3.16. The van der Waals surface area contributed by atoms with E-state index in [2.05, 4.69) is 0 Å². The predicted molar refractivity (Wildman–Crippen MR) is 61.6 cm³/mol. The van der Waals surface area contributed by atoms with Crippen molar-refractivity contribution in [1.29, 1.82) is 0 Å². The molecule has 2 nitrogen and oxygen atoms in total. The van der Waals surface area contributed by atoms with E-state index < -0.39 is 0 Å². The van der Waals surface area contributed by atoms with Crippen LogP contribution in [0.1, 0.15) is 22.8 Å². The number of rotatable bonds is 3. The molecule has 0 heterocycles. The second-order valence-electron chi connectivity index (χ2n) is 2.96. The summed E-state index contributed by atoms with van der Waals surface area (Å²) >= 11 is 11.7. The fraction of sp³-hybridized carbons (Fsp3) is 0.0909. The van der Waals surface area contributed by atoms with Crippen molar-refractivity contribution < 1.29 is 9.59 Å². The summed E-state index contributed by atoms with van der Waals surface area (Å²) in [6.07, 6.45) is 3.58. The van der Waals surface area contributed by atoms with Gasteiger partial charge in [0.1, 0.15) is 0 Å². The molecule has 0 saturated heterocycles. The van der Waals surface area contributed by atoms with Crippen LogP contribution < -0.4 is 0 Å². The number of halogens is 2. The van der Waals surface area contributed by atoms with Gasteiger partial charge in [0.05, 0.1) is 5.02 Å². The zero-order valence-corrected chi connectivity index (χ0v) is 9.47. The lowest BCUT2D eigenvalue weighted by Crippen LogP contribution is -1.86. The van der Waals surface area contributed by atoms with Gasteiger partial charge in [-0.2, -0.15) is 0 Å². The second-order valence-corrected chi connectivity index (χ2v) is 3.77. The van der Waals surface area contributed by atoms with Gasteiger partial charge in [0.15, 0.2) is 12.1 Å². The first kappa shape index (κ1) is 12.0. The smallest absolute Gasteiger partial charge is 0.152 e. The summed E-state index contributed by atoms with van der Waals surface area (Å²) in [6.45, 7) is 1.44. The SMILES string of the molecule is CC(=O)/C=C/c1cc(Cl)c(C=O)cc1Cl. The quantitative estimate of drug-likeness (QED) is 0.602. The summed E-state index contributed by atoms with van der Waals surface area (Å²) in [5.41, 5.74) is 0.948. The van der Waals surface area contributed by atoms with E-state index in [-0.39, 0.29) is 5.78 Å². The molecule has 1 aromatic carbocycles. The van der Waals surface area contributed by atoms with Crippen molar-refractivity contribution in [2.75, 3.05) is 0 Å². The molecule has 15 heavy (non-hydrogen) atoms. The average Bonchev–Trinajstić information content (AvgIpc) is 2.18. The Labute approximate surface area is 97.5 Å². The third-order valence-corrected chi connectivity index (χ3v) is 2.40. The van der Waals surface area contributed by atoms with Crippen molar-refractivity contribution in [3.63, 3.8) is 0 Å². The molecular weight excluding hydrogens is 235 g/mol. The van der Waals surface area contributed by atoms with Gasteiger partial charge in [-0.3, -0.25) is 9.59 Å². The van der Waals surface area contributed by atoms with E-state index >= 15 is 0 Å². The van der Waals surface area contributed by atoms with Crippen molar-refractivity contribution in [2.45, 2.75) is 6.92 Å². The van der Waals surface area contributed by atoms with Crippen LogP contribution in [-0.2, 0) is 4.79 Å². The summed E-state index contributed by atoms with van der Waals surface area (Å²) in [7, 11) is 0. The number of hydrogen-bond donors (Lipinski definition) is 0. The van der Waals surface area contributed by atoms with Crippen molar-refractivity contribution in [3.05, 3.63) is 39.4 Å². The Morgan fingerprint density at radius 3 is 2.27 bits per heavy atom. The normalized spacial score (nSPS) is 10.6. The number of benzene rings is 1. The standard InChI is InChI=1S/C11H8Cl2O2/c1-7(15)2-3-8-4-11(13)9(6-14)5-10(8)12/h2-6H,1H3/b3-2+. The number of ketones is 1. The highest BCUT2D eigenvalue weighted by Crippen LogP contribution is 2.25. The molecule has 0 saturated carbocycles. The molecule has 0 unspecified atom stereocenters. The maximum atomic E-state index is 10.7. The lowest BCUT2D eigenvalue weighted by molar-refractivity contribution is -0.112. The molecule has 0 radical (unpaired) electrons. The van der Waals surface area contributed by atoms with Gasteiger partial charge in [-0.05, 0) is 36.8 Å². The van der Waals surface area contributed by atoms with Gasteiger partial charge in [-0.25, -0.2) is 0 Å². The second kappa shape index (κ2) is 5.10. The minimum absolute atomic E-state index is 0.0818. The van der Waals surface area contributed by atoms with E-state index in [1.54, 1.807) is 12.1 Å². The third-order valence-electron chi connectivity index (χ3n) is 1.74. The summed E-state index contributed by atoms with van der Waals surface area (Å²) in [5, 5.41) is 0.705. The summed E-state index contributed by atoms with van der Waals surface area (Å²) in [6, 6.07) is 3.02. The van der Waals surface area contributed by atoms with Crippen LogP contribution in [0.3, 0.4) is 0 Å². The van der Waals surface area contributed by atoms with Crippen LogP contribution in [-0.4, -0.2) is 12.1 Å². The molecule has 0 amide bonds. The zero-order chi connectivity index (χ0) is 11.4. The Hall–Kier alpha value is -1.12. The number of aldehydes is 1. The van der Waals surface area contributed by atoms with Crippen LogP contribution in [0.4, 0.5) is 0 Å². The molecule has 0 aliphatic heterocycles. The average molecular weight is 243 g/mol. The van der Waals surface area contributed by atoms with Crippen LogP contribution in [0.25, 0.3) is 6.08 Å². The van der Waals surface area contributed by atoms with Crippen LogP contribution in [0.2, 0.25) is 10.0 Å². The minimum atomic E-state index is -0.0818. The lowest BCUT2D eigenvalue weighted by atomic mass is 10.1. The van der Waals surface area contributed by atoms with E-state index in [0.29, 0.717) is 27.5 Å².